The first-order valence-electron chi connectivity index (χ1n) is 7.89. The van der Waals surface area contributed by atoms with E-state index < -0.39 is 0 Å². The Morgan fingerprint density at radius 2 is 2.12 bits per heavy atom. The van der Waals surface area contributed by atoms with E-state index in [4.69, 9.17) is 4.52 Å². The number of hydrogen-bond acceptors (Lipinski definition) is 4. The molecule has 0 radical (unpaired) electrons. The van der Waals surface area contributed by atoms with Crippen LogP contribution in [0, 0.1) is 6.92 Å². The van der Waals surface area contributed by atoms with Gasteiger partial charge in [0.25, 0.3) is 5.91 Å². The van der Waals surface area contributed by atoms with Crippen LogP contribution in [0.4, 0.5) is 0 Å². The van der Waals surface area contributed by atoms with Gasteiger partial charge < -0.3 is 19.3 Å². The first-order valence-corrected chi connectivity index (χ1v) is 7.89. The Morgan fingerprint density at radius 3 is 2.79 bits per heavy atom. The number of rotatable bonds is 5. The molecule has 1 aromatic carbocycles. The van der Waals surface area contributed by atoms with Crippen molar-refractivity contribution in [2.45, 2.75) is 13.0 Å². The summed E-state index contributed by atoms with van der Waals surface area (Å²) in [6.07, 6.45) is 2.13. The summed E-state index contributed by atoms with van der Waals surface area (Å²) in [6, 6.07) is 9.98. The fourth-order valence-corrected chi connectivity index (χ4v) is 2.96. The molecule has 1 atom stereocenters. The van der Waals surface area contributed by atoms with Gasteiger partial charge in [-0.2, -0.15) is 0 Å². The van der Waals surface area contributed by atoms with Crippen molar-refractivity contribution in [2.75, 3.05) is 20.6 Å². The highest BCUT2D eigenvalue weighted by molar-refractivity contribution is 5.92. The van der Waals surface area contributed by atoms with Crippen LogP contribution in [-0.2, 0) is 7.05 Å². The van der Waals surface area contributed by atoms with Gasteiger partial charge in [-0.25, -0.2) is 0 Å². The molecule has 0 saturated carbocycles. The van der Waals surface area contributed by atoms with E-state index in [0.717, 1.165) is 0 Å². The molecule has 24 heavy (non-hydrogen) atoms. The highest BCUT2D eigenvalue weighted by Crippen LogP contribution is 2.28. The van der Waals surface area contributed by atoms with Gasteiger partial charge in [-0.1, -0.05) is 23.4 Å². The summed E-state index contributed by atoms with van der Waals surface area (Å²) in [4.78, 5) is 14.3. The second kappa shape index (κ2) is 6.49. The molecule has 0 bridgehead atoms. The van der Waals surface area contributed by atoms with Gasteiger partial charge in [0, 0.05) is 36.8 Å². The largest absolute Gasteiger partial charge is 0.361 e. The molecule has 0 aliphatic rings. The van der Waals surface area contributed by atoms with Gasteiger partial charge in [0.1, 0.15) is 5.76 Å². The summed E-state index contributed by atoms with van der Waals surface area (Å²) < 4.78 is 7.08. The number of carbonyl (C=O) groups excluding carboxylic acids is 1. The van der Waals surface area contributed by atoms with Gasteiger partial charge in [0.15, 0.2) is 5.69 Å². The van der Waals surface area contributed by atoms with Gasteiger partial charge in [0.05, 0.1) is 6.04 Å². The summed E-state index contributed by atoms with van der Waals surface area (Å²) in [5.74, 6) is 0.400. The molecule has 0 aliphatic carbocycles. The molecule has 0 saturated heterocycles. The third-order valence-electron chi connectivity index (χ3n) is 4.23. The molecule has 2 aromatic heterocycles. The number of aromatic nitrogens is 2. The van der Waals surface area contributed by atoms with Crippen molar-refractivity contribution in [1.29, 1.82) is 0 Å². The number of aryl methyl sites for hydroxylation is 2. The van der Waals surface area contributed by atoms with E-state index in [1.165, 1.54) is 16.5 Å². The lowest BCUT2D eigenvalue weighted by Gasteiger charge is -2.24. The van der Waals surface area contributed by atoms with Crippen molar-refractivity contribution >= 4 is 16.8 Å². The minimum Gasteiger partial charge on any atom is -0.361 e. The molecule has 0 spiro atoms. The van der Waals surface area contributed by atoms with Crippen LogP contribution in [0.2, 0.25) is 0 Å². The first-order chi connectivity index (χ1) is 11.5. The van der Waals surface area contributed by atoms with Gasteiger partial charge in [-0.3, -0.25) is 4.79 Å². The second-order valence-corrected chi connectivity index (χ2v) is 6.22. The molecule has 3 aromatic rings. The number of nitrogens with one attached hydrogen (secondary N) is 1. The lowest BCUT2D eigenvalue weighted by atomic mass is 10.0. The maximum atomic E-state index is 12.2. The van der Waals surface area contributed by atoms with Crippen LogP contribution in [-0.4, -0.2) is 41.2 Å². The zero-order chi connectivity index (χ0) is 17.3. The predicted molar refractivity (Wildman–Crippen MR) is 92.9 cm³/mol. The number of likely N-dealkylation sites (N-methyl/N-ethyl adjacent to an activating group) is 1. The minimum absolute atomic E-state index is 0.0630. The maximum Gasteiger partial charge on any atom is 0.273 e. The van der Waals surface area contributed by atoms with E-state index >= 15 is 0 Å². The molecule has 6 heteroatoms. The van der Waals surface area contributed by atoms with Crippen LogP contribution in [0.25, 0.3) is 10.9 Å². The van der Waals surface area contributed by atoms with Crippen LogP contribution in [0.3, 0.4) is 0 Å². The average molecular weight is 326 g/mol. The maximum absolute atomic E-state index is 12.2. The summed E-state index contributed by atoms with van der Waals surface area (Å²) in [6.45, 7) is 2.26. The van der Waals surface area contributed by atoms with Gasteiger partial charge in [0.2, 0.25) is 0 Å². The molecule has 6 nitrogen and oxygen atoms in total. The van der Waals surface area contributed by atoms with Crippen molar-refractivity contribution in [3.05, 3.63) is 53.5 Å². The average Bonchev–Trinajstić information content (AvgIpc) is 3.12. The van der Waals surface area contributed by atoms with Crippen molar-refractivity contribution in [3.8, 4) is 0 Å². The van der Waals surface area contributed by atoms with Crippen molar-refractivity contribution in [1.82, 2.24) is 19.9 Å². The molecule has 0 unspecified atom stereocenters. The number of hydrogen-bond donors (Lipinski definition) is 1. The zero-order valence-corrected chi connectivity index (χ0v) is 14.4. The zero-order valence-electron chi connectivity index (χ0n) is 14.4. The van der Waals surface area contributed by atoms with E-state index in [1.54, 1.807) is 13.0 Å². The van der Waals surface area contributed by atoms with Gasteiger partial charge in [-0.05, 0) is 32.6 Å². The Morgan fingerprint density at radius 1 is 1.38 bits per heavy atom. The van der Waals surface area contributed by atoms with Crippen LogP contribution in [0.5, 0.6) is 0 Å². The lowest BCUT2D eigenvalue weighted by molar-refractivity contribution is 0.0933. The van der Waals surface area contributed by atoms with Crippen LogP contribution < -0.4 is 5.32 Å². The molecule has 0 fully saturated rings. The molecule has 1 N–H and O–H groups in total. The smallest absolute Gasteiger partial charge is 0.273 e. The Kier molecular flexibility index (Phi) is 4.40. The Labute approximate surface area is 141 Å². The van der Waals surface area contributed by atoms with Crippen molar-refractivity contribution in [3.63, 3.8) is 0 Å². The monoisotopic (exact) mass is 326 g/mol. The van der Waals surface area contributed by atoms with E-state index in [0.29, 0.717) is 18.0 Å². The molecule has 2 heterocycles. The molecular formula is C18H22N4O2. The lowest BCUT2D eigenvalue weighted by Crippen LogP contribution is -2.34. The fraction of sp³-hybridized carbons (Fsp3) is 0.333. The fourth-order valence-electron chi connectivity index (χ4n) is 2.96. The van der Waals surface area contributed by atoms with E-state index in [-0.39, 0.29) is 11.9 Å². The highest BCUT2D eigenvalue weighted by atomic mass is 16.5. The Hall–Kier alpha value is -2.60. The SMILES string of the molecule is Cc1cc(C(=O)NC[C@H](c2cn(C)c3ccccc23)N(C)C)no1. The Bertz CT molecular complexity index is 863. The topological polar surface area (TPSA) is 63.3 Å². The number of benzene rings is 1. The quantitative estimate of drug-likeness (QED) is 0.782. The summed E-state index contributed by atoms with van der Waals surface area (Å²) in [5, 5.41) is 7.91. The summed E-state index contributed by atoms with van der Waals surface area (Å²) in [5.41, 5.74) is 2.68. The highest BCUT2D eigenvalue weighted by Gasteiger charge is 2.21. The summed E-state index contributed by atoms with van der Waals surface area (Å²) in [7, 11) is 6.06. The number of amides is 1. The molecule has 1 amide bonds. The van der Waals surface area contributed by atoms with E-state index in [2.05, 4.69) is 38.3 Å². The molecular weight excluding hydrogens is 304 g/mol. The van der Waals surface area contributed by atoms with Crippen LogP contribution in [0.1, 0.15) is 27.9 Å². The first kappa shape index (κ1) is 16.3. The van der Waals surface area contributed by atoms with E-state index in [1.807, 2.05) is 33.3 Å². The van der Waals surface area contributed by atoms with Gasteiger partial charge in [-0.15, -0.1) is 0 Å². The third kappa shape index (κ3) is 3.05. The Balaban J connectivity index is 1.83. The number of nitrogens with zero attached hydrogens (tertiary/aromatic N) is 3. The second-order valence-electron chi connectivity index (χ2n) is 6.22. The summed E-state index contributed by atoms with van der Waals surface area (Å²) >= 11 is 0. The molecule has 3 rings (SSSR count). The number of fused-ring (bicyclic) bond motifs is 1. The number of carbonyl (C=O) groups is 1. The standard InChI is InChI=1S/C18H22N4O2/c1-12-9-15(20-24-12)18(23)19-10-17(21(2)3)14-11-22(4)16-8-6-5-7-13(14)16/h5-9,11,17H,10H2,1-4H3,(H,19,23)/t17-/m1/s1. The van der Waals surface area contributed by atoms with Crippen LogP contribution >= 0.6 is 0 Å². The van der Waals surface area contributed by atoms with Crippen molar-refractivity contribution < 1.29 is 9.32 Å². The van der Waals surface area contributed by atoms with Crippen LogP contribution in [0.15, 0.2) is 41.1 Å². The van der Waals surface area contributed by atoms with Gasteiger partial charge >= 0.3 is 0 Å². The van der Waals surface area contributed by atoms with Crippen molar-refractivity contribution in [2.24, 2.45) is 7.05 Å². The third-order valence-corrected chi connectivity index (χ3v) is 4.23. The predicted octanol–water partition coefficient (Wildman–Crippen LogP) is 2.51. The minimum atomic E-state index is -0.223. The van der Waals surface area contributed by atoms with E-state index in [9.17, 15) is 4.79 Å². The normalized spacial score (nSPS) is 12.7. The molecule has 0 aliphatic heterocycles. The number of para-hydroxylation sites is 1. The molecule has 126 valence electrons.